The molecule has 1 unspecified atom stereocenters. The van der Waals surface area contributed by atoms with Gasteiger partial charge in [0.25, 0.3) is 0 Å². The van der Waals surface area contributed by atoms with E-state index >= 15 is 0 Å². The predicted molar refractivity (Wildman–Crippen MR) is 88.5 cm³/mol. The van der Waals surface area contributed by atoms with Gasteiger partial charge in [0.05, 0.1) is 4.47 Å². The van der Waals surface area contributed by atoms with Crippen LogP contribution in [0.3, 0.4) is 0 Å². The number of aromatic nitrogens is 3. The van der Waals surface area contributed by atoms with E-state index in [1.807, 2.05) is 24.4 Å². The van der Waals surface area contributed by atoms with Gasteiger partial charge in [0.15, 0.2) is 5.65 Å². The molecule has 0 fully saturated rings. The number of benzene rings is 1. The Bertz CT molecular complexity index is 723. The van der Waals surface area contributed by atoms with Gasteiger partial charge in [-0.05, 0) is 53.4 Å². The molecule has 0 radical (unpaired) electrons. The van der Waals surface area contributed by atoms with Crippen LogP contribution in [0.1, 0.15) is 18.9 Å². The van der Waals surface area contributed by atoms with Crippen molar-refractivity contribution in [1.82, 2.24) is 14.6 Å². The van der Waals surface area contributed by atoms with E-state index in [0.717, 1.165) is 23.0 Å². The summed E-state index contributed by atoms with van der Waals surface area (Å²) in [5.74, 6) is 0.669. The first-order valence-electron chi connectivity index (χ1n) is 7.04. The van der Waals surface area contributed by atoms with Crippen molar-refractivity contribution in [2.75, 3.05) is 5.32 Å². The van der Waals surface area contributed by atoms with E-state index in [9.17, 15) is 0 Å². The van der Waals surface area contributed by atoms with Crippen molar-refractivity contribution < 1.29 is 0 Å². The number of nitrogens with one attached hydrogen (secondary N) is 1. The number of nitrogens with zero attached hydrogens (tertiary/aromatic N) is 3. The summed E-state index contributed by atoms with van der Waals surface area (Å²) in [4.78, 5) is 4.50. The van der Waals surface area contributed by atoms with Crippen LogP contribution in [-0.2, 0) is 6.42 Å². The molecule has 1 atom stereocenters. The lowest BCUT2D eigenvalue weighted by molar-refractivity contribution is 0.698. The van der Waals surface area contributed by atoms with E-state index in [2.05, 4.69) is 62.5 Å². The molecule has 108 valence electrons. The Hall–Kier alpha value is -1.88. The summed E-state index contributed by atoms with van der Waals surface area (Å²) in [7, 11) is 0. The highest BCUT2D eigenvalue weighted by Crippen LogP contribution is 2.17. The molecule has 3 rings (SSSR count). The van der Waals surface area contributed by atoms with Gasteiger partial charge in [0.2, 0.25) is 5.95 Å². The van der Waals surface area contributed by atoms with Crippen molar-refractivity contribution in [3.05, 3.63) is 58.7 Å². The molecule has 0 aliphatic carbocycles. The minimum atomic E-state index is 0.321. The van der Waals surface area contributed by atoms with Crippen molar-refractivity contribution in [2.45, 2.75) is 25.8 Å². The van der Waals surface area contributed by atoms with Crippen molar-refractivity contribution >= 4 is 27.5 Å². The summed E-state index contributed by atoms with van der Waals surface area (Å²) in [6, 6.07) is 14.7. The summed E-state index contributed by atoms with van der Waals surface area (Å²) in [6.45, 7) is 2.16. The quantitative estimate of drug-likeness (QED) is 0.762. The van der Waals surface area contributed by atoms with Gasteiger partial charge in [-0.2, -0.15) is 4.98 Å². The molecule has 5 heteroatoms. The Morgan fingerprint density at radius 1 is 1.19 bits per heavy atom. The van der Waals surface area contributed by atoms with E-state index in [1.54, 1.807) is 4.52 Å². The Morgan fingerprint density at radius 3 is 2.76 bits per heavy atom. The zero-order valence-corrected chi connectivity index (χ0v) is 13.4. The van der Waals surface area contributed by atoms with Gasteiger partial charge >= 0.3 is 0 Å². The van der Waals surface area contributed by atoms with Gasteiger partial charge in [0, 0.05) is 12.2 Å². The molecule has 2 heterocycles. The average Bonchev–Trinajstić information content (AvgIpc) is 2.90. The molecule has 0 aliphatic rings. The molecule has 1 N–H and O–H groups in total. The number of anilines is 1. The van der Waals surface area contributed by atoms with Crippen LogP contribution < -0.4 is 5.32 Å². The second-order valence-corrected chi connectivity index (χ2v) is 5.98. The number of fused-ring (bicyclic) bond motifs is 1. The summed E-state index contributed by atoms with van der Waals surface area (Å²) < 4.78 is 2.72. The number of hydrogen-bond acceptors (Lipinski definition) is 3. The van der Waals surface area contributed by atoms with E-state index in [0.29, 0.717) is 12.0 Å². The molecule has 0 saturated heterocycles. The molecular formula is C16H17BrN4. The third-order valence-corrected chi connectivity index (χ3v) is 4.02. The van der Waals surface area contributed by atoms with Crippen molar-refractivity contribution in [3.8, 4) is 0 Å². The average molecular weight is 345 g/mol. The topological polar surface area (TPSA) is 42.2 Å². The lowest BCUT2D eigenvalue weighted by Gasteiger charge is -2.11. The van der Waals surface area contributed by atoms with Crippen LogP contribution in [-0.4, -0.2) is 20.6 Å². The van der Waals surface area contributed by atoms with E-state index in [4.69, 9.17) is 0 Å². The highest BCUT2D eigenvalue weighted by Gasteiger charge is 2.09. The van der Waals surface area contributed by atoms with Gasteiger partial charge in [-0.25, -0.2) is 4.52 Å². The Labute approximate surface area is 132 Å². The highest BCUT2D eigenvalue weighted by atomic mass is 79.9. The third-order valence-electron chi connectivity index (χ3n) is 3.40. The summed E-state index contributed by atoms with van der Waals surface area (Å²) in [5, 5.41) is 7.80. The van der Waals surface area contributed by atoms with Gasteiger partial charge in [-0.3, -0.25) is 0 Å². The maximum atomic E-state index is 4.50. The number of hydrogen-bond donors (Lipinski definition) is 1. The molecule has 3 aromatic rings. The van der Waals surface area contributed by atoms with Crippen LogP contribution in [0.4, 0.5) is 5.95 Å². The second kappa shape index (κ2) is 6.26. The van der Waals surface area contributed by atoms with Gasteiger partial charge in [-0.15, -0.1) is 5.10 Å². The zero-order chi connectivity index (χ0) is 14.7. The Kier molecular flexibility index (Phi) is 4.20. The molecule has 0 amide bonds. The van der Waals surface area contributed by atoms with Gasteiger partial charge in [0.1, 0.15) is 0 Å². The first kappa shape index (κ1) is 14.1. The maximum Gasteiger partial charge on any atom is 0.243 e. The normalized spacial score (nSPS) is 12.5. The smallest absolute Gasteiger partial charge is 0.243 e. The van der Waals surface area contributed by atoms with Crippen molar-refractivity contribution in [2.24, 2.45) is 0 Å². The van der Waals surface area contributed by atoms with E-state index in [-0.39, 0.29) is 0 Å². The minimum Gasteiger partial charge on any atom is -0.350 e. The van der Waals surface area contributed by atoms with Gasteiger partial charge in [-0.1, -0.05) is 30.3 Å². The molecule has 2 aromatic heterocycles. The standard InChI is InChI=1S/C16H17BrN4/c1-12(9-10-13-6-3-2-4-7-13)18-16-19-15-14(17)8-5-11-21(15)20-16/h2-8,11-12H,9-10H2,1H3,(H,18,20). The molecule has 0 bridgehead atoms. The molecule has 0 spiro atoms. The fourth-order valence-corrected chi connectivity index (χ4v) is 2.68. The predicted octanol–water partition coefficient (Wildman–Crippen LogP) is 3.93. The van der Waals surface area contributed by atoms with E-state index < -0.39 is 0 Å². The minimum absolute atomic E-state index is 0.321. The third kappa shape index (κ3) is 3.42. The Morgan fingerprint density at radius 2 is 2.00 bits per heavy atom. The SMILES string of the molecule is CC(CCc1ccccc1)Nc1nc2c(Br)cccn2n1. The fraction of sp³-hybridized carbons (Fsp3) is 0.250. The van der Waals surface area contributed by atoms with Crippen LogP contribution in [0.25, 0.3) is 5.65 Å². The second-order valence-electron chi connectivity index (χ2n) is 5.13. The first-order chi connectivity index (χ1) is 10.2. The monoisotopic (exact) mass is 344 g/mol. The van der Waals surface area contributed by atoms with Crippen LogP contribution in [0.15, 0.2) is 53.1 Å². The van der Waals surface area contributed by atoms with Crippen molar-refractivity contribution in [1.29, 1.82) is 0 Å². The maximum absolute atomic E-state index is 4.50. The zero-order valence-electron chi connectivity index (χ0n) is 11.8. The molecule has 0 aliphatic heterocycles. The van der Waals surface area contributed by atoms with Crippen molar-refractivity contribution in [3.63, 3.8) is 0 Å². The van der Waals surface area contributed by atoms with Crippen LogP contribution in [0.5, 0.6) is 0 Å². The highest BCUT2D eigenvalue weighted by molar-refractivity contribution is 9.10. The molecular weight excluding hydrogens is 328 g/mol. The van der Waals surface area contributed by atoms with E-state index in [1.165, 1.54) is 5.56 Å². The fourth-order valence-electron chi connectivity index (χ4n) is 2.26. The largest absolute Gasteiger partial charge is 0.350 e. The summed E-state index contributed by atoms with van der Waals surface area (Å²) in [5.41, 5.74) is 2.19. The number of halogens is 1. The van der Waals surface area contributed by atoms with Crippen LogP contribution in [0.2, 0.25) is 0 Å². The summed E-state index contributed by atoms with van der Waals surface area (Å²) in [6.07, 6.45) is 3.99. The number of pyridine rings is 1. The molecule has 21 heavy (non-hydrogen) atoms. The van der Waals surface area contributed by atoms with Crippen LogP contribution in [0, 0.1) is 0 Å². The van der Waals surface area contributed by atoms with Gasteiger partial charge < -0.3 is 5.32 Å². The molecule has 0 saturated carbocycles. The lowest BCUT2D eigenvalue weighted by atomic mass is 10.1. The molecule has 4 nitrogen and oxygen atoms in total. The number of rotatable bonds is 5. The van der Waals surface area contributed by atoms with Crippen LogP contribution >= 0.6 is 15.9 Å². The molecule has 1 aromatic carbocycles. The first-order valence-corrected chi connectivity index (χ1v) is 7.83. The summed E-state index contributed by atoms with van der Waals surface area (Å²) >= 11 is 3.49. The number of aryl methyl sites for hydroxylation is 1. The lowest BCUT2D eigenvalue weighted by Crippen LogP contribution is -2.17. The Balaban J connectivity index is 1.63.